The molecule has 2 aromatic rings. The van der Waals surface area contributed by atoms with Gasteiger partial charge in [0.25, 0.3) is 5.91 Å². The fourth-order valence-corrected chi connectivity index (χ4v) is 3.15. The van der Waals surface area contributed by atoms with Gasteiger partial charge < -0.3 is 15.0 Å². The van der Waals surface area contributed by atoms with Gasteiger partial charge in [0.1, 0.15) is 5.52 Å². The lowest BCUT2D eigenvalue weighted by Crippen LogP contribution is -2.46. The molecule has 2 aromatic heterocycles. The summed E-state index contributed by atoms with van der Waals surface area (Å²) in [6.45, 7) is 8.13. The summed E-state index contributed by atoms with van der Waals surface area (Å²) in [6.07, 6.45) is 4.20. The summed E-state index contributed by atoms with van der Waals surface area (Å²) in [7, 11) is 0. The van der Waals surface area contributed by atoms with Gasteiger partial charge >= 0.3 is 0 Å². The van der Waals surface area contributed by atoms with Crippen LogP contribution in [0.2, 0.25) is 0 Å². The lowest BCUT2D eigenvalue weighted by atomic mass is 9.94. The number of ether oxygens (including phenoxy) is 1. The first-order valence-corrected chi connectivity index (χ1v) is 7.22. The number of hydrogen-bond donors (Lipinski definition) is 2. The maximum atomic E-state index is 12.5. The van der Waals surface area contributed by atoms with E-state index in [-0.39, 0.29) is 23.2 Å². The summed E-state index contributed by atoms with van der Waals surface area (Å²) in [6, 6.07) is 3.73. The van der Waals surface area contributed by atoms with Gasteiger partial charge in [0.05, 0.1) is 28.3 Å². The predicted octanol–water partition coefficient (Wildman–Crippen LogP) is 2.64. The van der Waals surface area contributed by atoms with E-state index in [0.717, 1.165) is 11.9 Å². The van der Waals surface area contributed by atoms with E-state index in [1.165, 1.54) is 0 Å². The molecule has 0 unspecified atom stereocenters. The molecule has 5 heteroatoms. The highest BCUT2D eigenvalue weighted by Gasteiger charge is 2.46. The van der Waals surface area contributed by atoms with Gasteiger partial charge in [0.2, 0.25) is 0 Å². The highest BCUT2D eigenvalue weighted by Crippen LogP contribution is 2.37. The number of hydrogen-bond acceptors (Lipinski definition) is 3. The number of aromatic amines is 1. The Bertz CT molecular complexity index is 688. The molecule has 5 nitrogen and oxygen atoms in total. The first-order valence-electron chi connectivity index (χ1n) is 7.22. The summed E-state index contributed by atoms with van der Waals surface area (Å²) in [5, 5.41) is 3.10. The van der Waals surface area contributed by atoms with Crippen LogP contribution in [0.5, 0.6) is 0 Å². The third-order valence-corrected chi connectivity index (χ3v) is 4.06. The minimum Gasteiger partial charge on any atom is -0.367 e. The molecule has 1 fully saturated rings. The van der Waals surface area contributed by atoms with Gasteiger partial charge in [-0.25, -0.2) is 0 Å². The highest BCUT2D eigenvalue weighted by atomic mass is 16.5. The van der Waals surface area contributed by atoms with Gasteiger partial charge in [-0.3, -0.25) is 9.78 Å². The molecular weight excluding hydrogens is 266 g/mol. The van der Waals surface area contributed by atoms with E-state index < -0.39 is 0 Å². The zero-order valence-electron chi connectivity index (χ0n) is 12.9. The van der Waals surface area contributed by atoms with Crippen LogP contribution in [-0.2, 0) is 4.74 Å². The van der Waals surface area contributed by atoms with Crippen molar-refractivity contribution in [3.8, 4) is 0 Å². The Balaban J connectivity index is 1.84. The van der Waals surface area contributed by atoms with Crippen molar-refractivity contribution in [3.63, 3.8) is 0 Å². The van der Waals surface area contributed by atoms with Crippen LogP contribution in [0.3, 0.4) is 0 Å². The minimum atomic E-state index is -0.376. The quantitative estimate of drug-likeness (QED) is 0.892. The van der Waals surface area contributed by atoms with E-state index in [9.17, 15) is 4.79 Å². The van der Waals surface area contributed by atoms with Crippen molar-refractivity contribution in [2.75, 3.05) is 0 Å². The van der Waals surface area contributed by atoms with Crippen molar-refractivity contribution in [2.24, 2.45) is 0 Å². The van der Waals surface area contributed by atoms with Gasteiger partial charge in [-0.15, -0.1) is 0 Å². The van der Waals surface area contributed by atoms with E-state index in [2.05, 4.69) is 15.3 Å². The molecule has 1 aliphatic heterocycles. The summed E-state index contributed by atoms with van der Waals surface area (Å²) in [5.74, 6) is -0.112. The van der Waals surface area contributed by atoms with Crippen molar-refractivity contribution in [1.82, 2.24) is 15.3 Å². The van der Waals surface area contributed by atoms with Crippen molar-refractivity contribution < 1.29 is 9.53 Å². The standard InChI is InChI=1S/C16H21N3O2/c1-15(2)8-12(16(3,4)21-15)19-14(20)10-9-18-11-6-5-7-17-13(10)11/h5-7,9,12,18H,8H2,1-4H3,(H,19,20)/t12-/m0/s1. The van der Waals surface area contributed by atoms with Crippen molar-refractivity contribution in [2.45, 2.75) is 51.4 Å². The number of rotatable bonds is 2. The van der Waals surface area contributed by atoms with E-state index in [0.29, 0.717) is 11.1 Å². The number of nitrogens with one attached hydrogen (secondary N) is 2. The van der Waals surface area contributed by atoms with Gasteiger partial charge in [0.15, 0.2) is 0 Å². The van der Waals surface area contributed by atoms with E-state index in [1.807, 2.05) is 39.8 Å². The summed E-state index contributed by atoms with van der Waals surface area (Å²) in [5.41, 5.74) is 1.54. The Morgan fingerprint density at radius 3 is 2.86 bits per heavy atom. The fraction of sp³-hybridized carbons (Fsp3) is 0.500. The molecule has 112 valence electrons. The van der Waals surface area contributed by atoms with Gasteiger partial charge in [-0.1, -0.05) is 0 Å². The molecule has 2 N–H and O–H groups in total. The number of fused-ring (bicyclic) bond motifs is 1. The van der Waals surface area contributed by atoms with Crippen molar-refractivity contribution in [3.05, 3.63) is 30.1 Å². The molecule has 0 spiro atoms. The van der Waals surface area contributed by atoms with Gasteiger partial charge in [-0.2, -0.15) is 0 Å². The Morgan fingerprint density at radius 1 is 1.43 bits per heavy atom. The van der Waals surface area contributed by atoms with Crippen LogP contribution < -0.4 is 5.32 Å². The molecule has 0 radical (unpaired) electrons. The summed E-state index contributed by atoms with van der Waals surface area (Å²) < 4.78 is 6.02. The largest absolute Gasteiger partial charge is 0.367 e. The second-order valence-corrected chi connectivity index (χ2v) is 6.80. The zero-order valence-corrected chi connectivity index (χ0v) is 12.9. The molecule has 1 atom stereocenters. The predicted molar refractivity (Wildman–Crippen MR) is 81.2 cm³/mol. The molecule has 3 rings (SSSR count). The second kappa shape index (κ2) is 4.56. The normalized spacial score (nSPS) is 23.3. The molecular formula is C16H21N3O2. The van der Waals surface area contributed by atoms with Crippen LogP contribution in [0.1, 0.15) is 44.5 Å². The number of pyridine rings is 1. The Hall–Kier alpha value is -1.88. The maximum Gasteiger partial charge on any atom is 0.255 e. The molecule has 0 aliphatic carbocycles. The topological polar surface area (TPSA) is 67.0 Å². The van der Waals surface area contributed by atoms with Crippen LogP contribution in [-0.4, -0.2) is 33.1 Å². The van der Waals surface area contributed by atoms with Crippen LogP contribution in [0.4, 0.5) is 0 Å². The van der Waals surface area contributed by atoms with E-state index in [1.54, 1.807) is 12.4 Å². The number of carbonyl (C=O) groups excluding carboxylic acids is 1. The monoisotopic (exact) mass is 287 g/mol. The SMILES string of the molecule is CC1(C)C[C@H](NC(=O)c2c[nH]c3cccnc23)C(C)(C)O1. The Morgan fingerprint density at radius 2 is 2.19 bits per heavy atom. The number of nitrogens with zero attached hydrogens (tertiary/aromatic N) is 1. The number of H-pyrrole nitrogens is 1. The van der Waals surface area contributed by atoms with Crippen LogP contribution >= 0.6 is 0 Å². The first kappa shape index (κ1) is 14.1. The highest BCUT2D eigenvalue weighted by molar-refractivity contribution is 6.05. The smallest absolute Gasteiger partial charge is 0.255 e. The molecule has 0 saturated carbocycles. The van der Waals surface area contributed by atoms with Crippen molar-refractivity contribution in [1.29, 1.82) is 0 Å². The molecule has 3 heterocycles. The van der Waals surface area contributed by atoms with Crippen LogP contribution in [0.15, 0.2) is 24.5 Å². The molecule has 0 aromatic carbocycles. The number of aromatic nitrogens is 2. The third-order valence-electron chi connectivity index (χ3n) is 4.06. The molecule has 1 saturated heterocycles. The van der Waals surface area contributed by atoms with E-state index >= 15 is 0 Å². The van der Waals surface area contributed by atoms with Crippen LogP contribution in [0, 0.1) is 0 Å². The molecule has 21 heavy (non-hydrogen) atoms. The van der Waals surface area contributed by atoms with Crippen LogP contribution in [0.25, 0.3) is 11.0 Å². The van der Waals surface area contributed by atoms with Crippen molar-refractivity contribution >= 4 is 16.9 Å². The second-order valence-electron chi connectivity index (χ2n) is 6.80. The van der Waals surface area contributed by atoms with E-state index in [4.69, 9.17) is 4.74 Å². The Kier molecular flexibility index (Phi) is 3.06. The number of carbonyl (C=O) groups is 1. The lowest BCUT2D eigenvalue weighted by molar-refractivity contribution is -0.0693. The average Bonchev–Trinajstić information content (AvgIpc) is 2.87. The third kappa shape index (κ3) is 2.53. The van der Waals surface area contributed by atoms with Gasteiger partial charge in [0, 0.05) is 12.4 Å². The zero-order chi connectivity index (χ0) is 15.3. The molecule has 0 bridgehead atoms. The molecule has 1 aliphatic rings. The Labute approximate surface area is 124 Å². The summed E-state index contributed by atoms with van der Waals surface area (Å²) in [4.78, 5) is 19.9. The first-order chi connectivity index (χ1) is 9.78. The summed E-state index contributed by atoms with van der Waals surface area (Å²) >= 11 is 0. The van der Waals surface area contributed by atoms with Gasteiger partial charge in [-0.05, 0) is 46.2 Å². The average molecular weight is 287 g/mol. The number of amides is 1. The fourth-order valence-electron chi connectivity index (χ4n) is 3.15. The molecule has 1 amide bonds. The maximum absolute atomic E-state index is 12.5. The lowest BCUT2D eigenvalue weighted by Gasteiger charge is -2.27. The minimum absolute atomic E-state index is 0.0198.